The lowest BCUT2D eigenvalue weighted by atomic mass is 9.87. The summed E-state index contributed by atoms with van der Waals surface area (Å²) in [7, 11) is 0. The Morgan fingerprint density at radius 2 is 1.73 bits per heavy atom. The highest BCUT2D eigenvalue weighted by Gasteiger charge is 2.41. The van der Waals surface area contributed by atoms with Crippen LogP contribution in [0.3, 0.4) is 0 Å². The lowest BCUT2D eigenvalue weighted by Gasteiger charge is -2.17. The molecule has 0 saturated carbocycles. The summed E-state index contributed by atoms with van der Waals surface area (Å²) in [5, 5.41) is 9.61. The molecule has 1 heterocycles. The minimum Gasteiger partial charge on any atom is -0.481 e. The Hall–Kier alpha value is -2.82. The molecular weight excluding hydrogens is 330 g/mol. The average Bonchev–Trinajstić information content (AvgIpc) is 3.05. The average molecular weight is 353 g/mol. The van der Waals surface area contributed by atoms with Gasteiger partial charge in [0.05, 0.1) is 5.92 Å². The molecule has 1 amide bonds. The van der Waals surface area contributed by atoms with Crippen LogP contribution >= 0.6 is 0 Å². The fraction of sp³-hybridized carbons (Fsp3) is 0.333. The number of aryl methyl sites for hydroxylation is 2. The molecule has 0 unspecified atom stereocenters. The van der Waals surface area contributed by atoms with Gasteiger partial charge in [-0.05, 0) is 25.0 Å². The van der Waals surface area contributed by atoms with Gasteiger partial charge in [0.2, 0.25) is 0 Å². The van der Waals surface area contributed by atoms with Crippen LogP contribution in [0.2, 0.25) is 0 Å². The molecule has 136 valence electrons. The second-order valence-corrected chi connectivity index (χ2v) is 6.92. The van der Waals surface area contributed by atoms with E-state index in [0.29, 0.717) is 6.54 Å². The smallest absolute Gasteiger partial charge is 0.410 e. The van der Waals surface area contributed by atoms with Crippen molar-refractivity contribution in [2.45, 2.75) is 26.4 Å². The number of carboxylic acids is 1. The summed E-state index contributed by atoms with van der Waals surface area (Å²) in [5.74, 6) is -1.73. The highest BCUT2D eigenvalue weighted by Crippen LogP contribution is 2.34. The topological polar surface area (TPSA) is 66.8 Å². The third-order valence-electron chi connectivity index (χ3n) is 4.77. The fourth-order valence-corrected chi connectivity index (χ4v) is 3.58. The second kappa shape index (κ2) is 7.60. The monoisotopic (exact) mass is 353 g/mol. The van der Waals surface area contributed by atoms with Crippen molar-refractivity contribution in [3.8, 4) is 0 Å². The van der Waals surface area contributed by atoms with E-state index in [0.717, 1.165) is 22.3 Å². The van der Waals surface area contributed by atoms with Gasteiger partial charge in [0.15, 0.2) is 0 Å². The maximum Gasteiger partial charge on any atom is 0.410 e. The summed E-state index contributed by atoms with van der Waals surface area (Å²) in [6.45, 7) is 4.69. The third kappa shape index (κ3) is 4.04. The number of carbonyl (C=O) groups is 2. The minimum absolute atomic E-state index is 0.167. The molecule has 0 spiro atoms. The number of carboxylic acid groups (broad SMARTS) is 1. The van der Waals surface area contributed by atoms with Gasteiger partial charge in [-0.15, -0.1) is 0 Å². The maximum atomic E-state index is 12.4. The quantitative estimate of drug-likeness (QED) is 0.909. The number of ether oxygens (including phenoxy) is 1. The van der Waals surface area contributed by atoms with Gasteiger partial charge < -0.3 is 14.7 Å². The predicted octanol–water partition coefficient (Wildman–Crippen LogP) is 3.74. The Balaban J connectivity index is 1.72. The van der Waals surface area contributed by atoms with Crippen molar-refractivity contribution in [3.05, 3.63) is 70.8 Å². The Bertz CT molecular complexity index is 783. The predicted molar refractivity (Wildman–Crippen MR) is 98.0 cm³/mol. The molecule has 5 nitrogen and oxygen atoms in total. The van der Waals surface area contributed by atoms with Gasteiger partial charge in [-0.2, -0.15) is 0 Å². The molecule has 1 N–H and O–H groups in total. The molecule has 2 atom stereocenters. The SMILES string of the molecule is Cc1cc(C)cc([C@@H]2CN(C(=O)OCc3ccccc3)C[C@H]2C(=O)O)c1. The van der Waals surface area contributed by atoms with Crippen molar-refractivity contribution in [1.82, 2.24) is 4.90 Å². The highest BCUT2D eigenvalue weighted by molar-refractivity contribution is 5.75. The van der Waals surface area contributed by atoms with E-state index in [-0.39, 0.29) is 19.1 Å². The normalized spacial score (nSPS) is 19.4. The number of rotatable bonds is 4. The van der Waals surface area contributed by atoms with Crippen molar-refractivity contribution < 1.29 is 19.4 Å². The van der Waals surface area contributed by atoms with Crippen LogP contribution in [0.4, 0.5) is 4.79 Å². The summed E-state index contributed by atoms with van der Waals surface area (Å²) in [5.41, 5.74) is 4.05. The van der Waals surface area contributed by atoms with Gasteiger partial charge in [-0.1, -0.05) is 59.7 Å². The zero-order valence-corrected chi connectivity index (χ0v) is 15.0. The van der Waals surface area contributed by atoms with Crippen LogP contribution < -0.4 is 0 Å². The van der Waals surface area contributed by atoms with Crippen molar-refractivity contribution in [3.63, 3.8) is 0 Å². The van der Waals surface area contributed by atoms with E-state index in [2.05, 4.69) is 6.07 Å². The van der Waals surface area contributed by atoms with Crippen molar-refractivity contribution in [2.75, 3.05) is 13.1 Å². The number of hydrogen-bond acceptors (Lipinski definition) is 3. The van der Waals surface area contributed by atoms with Crippen molar-refractivity contribution >= 4 is 12.1 Å². The van der Waals surface area contributed by atoms with Crippen LogP contribution in [0.1, 0.15) is 28.2 Å². The number of carbonyl (C=O) groups excluding carboxylic acids is 1. The largest absolute Gasteiger partial charge is 0.481 e. The lowest BCUT2D eigenvalue weighted by Crippen LogP contribution is -2.30. The van der Waals surface area contributed by atoms with E-state index in [4.69, 9.17) is 4.74 Å². The molecule has 0 bridgehead atoms. The number of aliphatic carboxylic acids is 1. The number of amides is 1. The van der Waals surface area contributed by atoms with Crippen LogP contribution in [0.15, 0.2) is 48.5 Å². The van der Waals surface area contributed by atoms with E-state index in [1.54, 1.807) is 0 Å². The van der Waals surface area contributed by atoms with Gasteiger partial charge in [-0.25, -0.2) is 4.79 Å². The third-order valence-corrected chi connectivity index (χ3v) is 4.77. The Morgan fingerprint density at radius 1 is 1.08 bits per heavy atom. The summed E-state index contributed by atoms with van der Waals surface area (Å²) in [6.07, 6.45) is -0.466. The van der Waals surface area contributed by atoms with Crippen molar-refractivity contribution in [1.29, 1.82) is 0 Å². The molecule has 0 aliphatic carbocycles. The molecule has 1 saturated heterocycles. The Labute approximate surface area is 153 Å². The number of likely N-dealkylation sites (tertiary alicyclic amines) is 1. The van der Waals surface area contributed by atoms with Gasteiger partial charge in [0.25, 0.3) is 0 Å². The Kier molecular flexibility index (Phi) is 5.26. The zero-order chi connectivity index (χ0) is 18.7. The standard InChI is InChI=1S/C21H23NO4/c1-14-8-15(2)10-17(9-14)18-11-22(12-19(18)20(23)24)21(25)26-13-16-6-4-3-5-7-16/h3-10,18-19H,11-13H2,1-2H3,(H,23,24)/t18-,19+/m0/s1. The van der Waals surface area contributed by atoms with Crippen LogP contribution in [0, 0.1) is 19.8 Å². The van der Waals surface area contributed by atoms with Crippen LogP contribution in [-0.2, 0) is 16.1 Å². The minimum atomic E-state index is -0.882. The molecule has 0 radical (unpaired) electrons. The zero-order valence-electron chi connectivity index (χ0n) is 15.0. The molecule has 1 aliphatic rings. The van der Waals surface area contributed by atoms with E-state index < -0.39 is 18.0 Å². The van der Waals surface area contributed by atoms with Gasteiger partial charge >= 0.3 is 12.1 Å². The summed E-state index contributed by atoms with van der Waals surface area (Å²) in [6, 6.07) is 15.5. The first kappa shape index (κ1) is 18.0. The fourth-order valence-electron chi connectivity index (χ4n) is 3.58. The molecule has 1 aliphatic heterocycles. The molecule has 1 fully saturated rings. The summed E-state index contributed by atoms with van der Waals surface area (Å²) < 4.78 is 5.37. The first-order valence-corrected chi connectivity index (χ1v) is 8.70. The first-order valence-electron chi connectivity index (χ1n) is 8.70. The highest BCUT2D eigenvalue weighted by atomic mass is 16.6. The summed E-state index contributed by atoms with van der Waals surface area (Å²) in [4.78, 5) is 25.6. The maximum absolute atomic E-state index is 12.4. The Morgan fingerprint density at radius 3 is 2.35 bits per heavy atom. The lowest BCUT2D eigenvalue weighted by molar-refractivity contribution is -0.141. The molecule has 26 heavy (non-hydrogen) atoms. The van der Waals surface area contributed by atoms with E-state index in [1.165, 1.54) is 4.90 Å². The van der Waals surface area contributed by atoms with Gasteiger partial charge in [0, 0.05) is 19.0 Å². The van der Waals surface area contributed by atoms with Crippen LogP contribution in [0.5, 0.6) is 0 Å². The molecule has 0 aromatic heterocycles. The van der Waals surface area contributed by atoms with E-state index >= 15 is 0 Å². The number of nitrogens with zero attached hydrogens (tertiary/aromatic N) is 1. The number of hydrogen-bond donors (Lipinski definition) is 1. The molecule has 2 aromatic rings. The van der Waals surface area contributed by atoms with Crippen LogP contribution in [0.25, 0.3) is 0 Å². The number of benzene rings is 2. The molecule has 2 aromatic carbocycles. The molecule has 3 rings (SSSR count). The first-order chi connectivity index (χ1) is 12.4. The van der Waals surface area contributed by atoms with Gasteiger partial charge in [-0.3, -0.25) is 4.79 Å². The summed E-state index contributed by atoms with van der Waals surface area (Å²) >= 11 is 0. The molecular formula is C21H23NO4. The molecule has 5 heteroatoms. The van der Waals surface area contributed by atoms with E-state index in [9.17, 15) is 14.7 Å². The van der Waals surface area contributed by atoms with Crippen LogP contribution in [-0.4, -0.2) is 35.2 Å². The van der Waals surface area contributed by atoms with Crippen molar-refractivity contribution in [2.24, 2.45) is 5.92 Å². The van der Waals surface area contributed by atoms with E-state index in [1.807, 2.05) is 56.3 Å². The second-order valence-electron chi connectivity index (χ2n) is 6.92. The van der Waals surface area contributed by atoms with Gasteiger partial charge in [0.1, 0.15) is 6.61 Å².